The maximum Gasteiger partial charge on any atom is 0.302 e. The molecule has 1 fully saturated rings. The summed E-state index contributed by atoms with van der Waals surface area (Å²) >= 11 is 0. The van der Waals surface area contributed by atoms with Crippen LogP contribution in [0.1, 0.15) is 68.7 Å². The highest BCUT2D eigenvalue weighted by atomic mass is 16.6. The summed E-state index contributed by atoms with van der Waals surface area (Å²) in [6, 6.07) is 12.4. The van der Waals surface area contributed by atoms with Crippen molar-refractivity contribution in [3.05, 3.63) is 71.5 Å². The SMILES string of the molecule is CNCC(C)CCCC(Cc1ccc(O)c(OC)c1)C1CC(OC(C)=O)CC(c2cc(O)c(O)c(OCCc3cccnc3)c2)O1. The van der Waals surface area contributed by atoms with E-state index in [1.165, 1.54) is 20.1 Å². The van der Waals surface area contributed by atoms with Crippen molar-refractivity contribution in [3.63, 3.8) is 0 Å². The van der Waals surface area contributed by atoms with E-state index >= 15 is 0 Å². The Morgan fingerprint density at radius 3 is 2.61 bits per heavy atom. The van der Waals surface area contributed by atoms with Crippen molar-refractivity contribution in [2.75, 3.05) is 27.3 Å². The summed E-state index contributed by atoms with van der Waals surface area (Å²) in [7, 11) is 3.49. The Balaban J connectivity index is 1.58. The molecule has 0 saturated carbocycles. The number of rotatable bonds is 16. The second-order valence-corrected chi connectivity index (χ2v) is 12.3. The van der Waals surface area contributed by atoms with Crippen LogP contribution in [-0.4, -0.2) is 65.8 Å². The molecule has 1 saturated heterocycles. The highest BCUT2D eigenvalue weighted by molar-refractivity contribution is 5.66. The number of phenolic OH excluding ortho intramolecular Hbond substituents is 3. The van der Waals surface area contributed by atoms with E-state index in [1.807, 2.05) is 31.3 Å². The Bertz CT molecular complexity index is 1400. The minimum atomic E-state index is -0.518. The number of benzene rings is 2. The van der Waals surface area contributed by atoms with Crippen LogP contribution >= 0.6 is 0 Å². The normalized spacial score (nSPS) is 19.3. The zero-order valence-corrected chi connectivity index (χ0v) is 27.3. The lowest BCUT2D eigenvalue weighted by atomic mass is 9.83. The molecule has 1 aromatic heterocycles. The van der Waals surface area contributed by atoms with Crippen molar-refractivity contribution in [2.45, 2.75) is 77.1 Å². The number of hydrogen-bond acceptors (Lipinski definition) is 10. The first kappa shape index (κ1) is 34.8. The van der Waals surface area contributed by atoms with E-state index in [1.54, 1.807) is 24.5 Å². The molecule has 4 rings (SSSR count). The highest BCUT2D eigenvalue weighted by Gasteiger charge is 2.37. The predicted molar refractivity (Wildman–Crippen MR) is 174 cm³/mol. The standard InChI is InChI=1S/C36H48N2O8/c1-23(21-37-3)7-5-9-27(15-26-10-11-30(40)34(16-26)43-4)32-19-29(45-24(2)39)20-33(46-32)28-17-31(41)36(42)35(18-28)44-14-12-25-8-6-13-38-22-25/h6,8,10-11,13,16-18,22-23,27,29,32-33,37,40-42H,5,7,9,12,14-15,19-21H2,1-4H3. The van der Waals surface area contributed by atoms with Gasteiger partial charge >= 0.3 is 5.97 Å². The fourth-order valence-corrected chi connectivity index (χ4v) is 6.25. The predicted octanol–water partition coefficient (Wildman–Crippen LogP) is 5.87. The molecule has 0 radical (unpaired) electrons. The first-order chi connectivity index (χ1) is 22.2. The van der Waals surface area contributed by atoms with E-state index in [9.17, 15) is 20.1 Å². The van der Waals surface area contributed by atoms with Crippen molar-refractivity contribution < 1.29 is 39.1 Å². The van der Waals surface area contributed by atoms with Gasteiger partial charge in [0.2, 0.25) is 5.75 Å². The topological polar surface area (TPSA) is 140 Å². The van der Waals surface area contributed by atoms with Crippen LogP contribution in [0.15, 0.2) is 54.9 Å². The maximum absolute atomic E-state index is 12.1. The summed E-state index contributed by atoms with van der Waals surface area (Å²) in [5.41, 5.74) is 2.62. The fraction of sp³-hybridized carbons (Fsp3) is 0.500. The number of carbonyl (C=O) groups excluding carboxylic acids is 1. The molecule has 2 heterocycles. The van der Waals surface area contributed by atoms with Gasteiger partial charge in [-0.3, -0.25) is 9.78 Å². The third-order valence-electron chi connectivity index (χ3n) is 8.56. The summed E-state index contributed by atoms with van der Waals surface area (Å²) in [4.78, 5) is 16.2. The average molecular weight is 637 g/mol. The van der Waals surface area contributed by atoms with Crippen LogP contribution in [0.5, 0.6) is 28.7 Å². The number of esters is 1. The first-order valence-corrected chi connectivity index (χ1v) is 16.1. The molecule has 5 unspecified atom stereocenters. The van der Waals surface area contributed by atoms with Gasteiger partial charge in [0, 0.05) is 38.6 Å². The van der Waals surface area contributed by atoms with E-state index in [0.29, 0.717) is 42.9 Å². The van der Waals surface area contributed by atoms with Crippen LogP contribution in [0.2, 0.25) is 0 Å². The second kappa shape index (κ2) is 17.1. The summed E-state index contributed by atoms with van der Waals surface area (Å²) in [6.07, 6.45) is 7.36. The fourth-order valence-electron chi connectivity index (χ4n) is 6.25. The molecule has 10 nitrogen and oxygen atoms in total. The van der Waals surface area contributed by atoms with E-state index < -0.39 is 12.2 Å². The van der Waals surface area contributed by atoms with Crippen molar-refractivity contribution >= 4 is 5.97 Å². The molecule has 1 aliphatic rings. The van der Waals surface area contributed by atoms with Gasteiger partial charge in [0.15, 0.2) is 23.0 Å². The molecule has 4 N–H and O–H groups in total. The number of phenols is 3. The monoisotopic (exact) mass is 636 g/mol. The van der Waals surface area contributed by atoms with Crippen LogP contribution in [0, 0.1) is 11.8 Å². The molecule has 46 heavy (non-hydrogen) atoms. The Labute approximate surface area is 271 Å². The molecule has 250 valence electrons. The molecule has 0 amide bonds. The van der Waals surface area contributed by atoms with Crippen LogP contribution in [0.3, 0.4) is 0 Å². The van der Waals surface area contributed by atoms with Gasteiger partial charge in [0.25, 0.3) is 0 Å². The molecule has 2 aromatic carbocycles. The van der Waals surface area contributed by atoms with Gasteiger partial charge in [-0.2, -0.15) is 0 Å². The van der Waals surface area contributed by atoms with Gasteiger partial charge < -0.3 is 39.6 Å². The molecule has 0 aliphatic carbocycles. The Kier molecular flexibility index (Phi) is 12.9. The van der Waals surface area contributed by atoms with Crippen molar-refractivity contribution in [2.24, 2.45) is 11.8 Å². The van der Waals surface area contributed by atoms with E-state index in [4.69, 9.17) is 18.9 Å². The molecular formula is C36H48N2O8. The number of nitrogens with one attached hydrogen (secondary N) is 1. The number of nitrogens with zero attached hydrogens (tertiary/aromatic N) is 1. The summed E-state index contributed by atoms with van der Waals surface area (Å²) in [5, 5.41) is 34.7. The largest absolute Gasteiger partial charge is 0.504 e. The van der Waals surface area contributed by atoms with Crippen molar-refractivity contribution in [3.8, 4) is 28.7 Å². The quantitative estimate of drug-likeness (QED) is 0.112. The van der Waals surface area contributed by atoms with Gasteiger partial charge in [-0.1, -0.05) is 25.5 Å². The van der Waals surface area contributed by atoms with Gasteiger partial charge in [-0.05, 0) is 91.7 Å². The number of methoxy groups -OCH3 is 1. The number of hydrogen-bond donors (Lipinski definition) is 4. The van der Waals surface area contributed by atoms with Gasteiger partial charge in [0.05, 0.1) is 25.9 Å². The Morgan fingerprint density at radius 2 is 1.89 bits per heavy atom. The van der Waals surface area contributed by atoms with Crippen molar-refractivity contribution in [1.82, 2.24) is 10.3 Å². The van der Waals surface area contributed by atoms with Gasteiger partial charge in [0.1, 0.15) is 6.10 Å². The summed E-state index contributed by atoms with van der Waals surface area (Å²) < 4.78 is 23.8. The number of pyridine rings is 1. The lowest BCUT2D eigenvalue weighted by Crippen LogP contribution is -2.39. The minimum absolute atomic E-state index is 0.0674. The molecule has 0 bridgehead atoms. The van der Waals surface area contributed by atoms with Crippen LogP contribution in [0.25, 0.3) is 0 Å². The first-order valence-electron chi connectivity index (χ1n) is 16.1. The number of carbonyl (C=O) groups is 1. The summed E-state index contributed by atoms with van der Waals surface area (Å²) in [5.74, 6) is 0.220. The maximum atomic E-state index is 12.1. The molecule has 3 aromatic rings. The smallest absolute Gasteiger partial charge is 0.302 e. The number of aromatic nitrogens is 1. The summed E-state index contributed by atoms with van der Waals surface area (Å²) in [6.45, 7) is 4.85. The second-order valence-electron chi connectivity index (χ2n) is 12.3. The number of ether oxygens (including phenoxy) is 4. The molecule has 5 atom stereocenters. The van der Waals surface area contributed by atoms with Gasteiger partial charge in [-0.15, -0.1) is 0 Å². The molecular weight excluding hydrogens is 588 g/mol. The highest BCUT2D eigenvalue weighted by Crippen LogP contribution is 2.44. The molecule has 1 aliphatic heterocycles. The third kappa shape index (κ3) is 9.99. The average Bonchev–Trinajstić information content (AvgIpc) is 3.03. The van der Waals surface area contributed by atoms with E-state index in [-0.39, 0.29) is 47.6 Å². The zero-order chi connectivity index (χ0) is 33.1. The van der Waals surface area contributed by atoms with Gasteiger partial charge in [-0.25, -0.2) is 0 Å². The lowest BCUT2D eigenvalue weighted by Gasteiger charge is -2.39. The van der Waals surface area contributed by atoms with Crippen LogP contribution < -0.4 is 14.8 Å². The van der Waals surface area contributed by atoms with E-state index in [0.717, 1.165) is 36.9 Å². The minimum Gasteiger partial charge on any atom is -0.504 e. The Morgan fingerprint density at radius 1 is 1.07 bits per heavy atom. The number of aromatic hydroxyl groups is 3. The third-order valence-corrected chi connectivity index (χ3v) is 8.56. The Hall–Kier alpha value is -4.02. The molecule has 10 heteroatoms. The van der Waals surface area contributed by atoms with Crippen LogP contribution in [-0.2, 0) is 27.1 Å². The van der Waals surface area contributed by atoms with Crippen LogP contribution in [0.4, 0.5) is 0 Å². The zero-order valence-electron chi connectivity index (χ0n) is 27.3. The molecule has 0 spiro atoms. The lowest BCUT2D eigenvalue weighted by molar-refractivity contribution is -0.165. The van der Waals surface area contributed by atoms with E-state index in [2.05, 4.69) is 17.2 Å². The van der Waals surface area contributed by atoms with Crippen molar-refractivity contribution in [1.29, 1.82) is 0 Å².